The van der Waals surface area contributed by atoms with Crippen molar-refractivity contribution in [1.29, 1.82) is 0 Å². The number of halogens is 1. The maximum absolute atomic E-state index is 13.8. The average Bonchev–Trinajstić information content (AvgIpc) is 2.98. The molecule has 2 nitrogen and oxygen atoms in total. The molecule has 0 aliphatic heterocycles. The van der Waals surface area contributed by atoms with Gasteiger partial charge in [0.15, 0.2) is 0 Å². The molecule has 2 heterocycles. The highest BCUT2D eigenvalue weighted by atomic mass is 32.1. The number of thiazole rings is 1. The molecule has 1 aromatic carbocycles. The first-order valence-electron chi connectivity index (χ1n) is 6.93. The number of aromatic nitrogens is 2. The van der Waals surface area contributed by atoms with Crippen LogP contribution >= 0.6 is 11.3 Å². The minimum absolute atomic E-state index is 0.240. The molecule has 0 saturated carbocycles. The van der Waals surface area contributed by atoms with E-state index in [1.54, 1.807) is 12.1 Å². The van der Waals surface area contributed by atoms with Gasteiger partial charge in [-0.05, 0) is 30.7 Å². The van der Waals surface area contributed by atoms with E-state index >= 15 is 0 Å². The molecular formula is C17H15FN2S. The lowest BCUT2D eigenvalue weighted by Crippen LogP contribution is -1.89. The van der Waals surface area contributed by atoms with Crippen LogP contribution in [0.1, 0.15) is 19.0 Å². The van der Waals surface area contributed by atoms with Gasteiger partial charge >= 0.3 is 0 Å². The van der Waals surface area contributed by atoms with E-state index in [-0.39, 0.29) is 5.82 Å². The Morgan fingerprint density at radius 1 is 1.19 bits per heavy atom. The van der Waals surface area contributed by atoms with Crippen molar-refractivity contribution in [2.75, 3.05) is 0 Å². The molecule has 0 atom stereocenters. The van der Waals surface area contributed by atoms with Crippen LogP contribution in [0, 0.1) is 5.82 Å². The molecule has 0 saturated heterocycles. The zero-order valence-electron chi connectivity index (χ0n) is 11.7. The SMILES string of the molecule is CCCc1cc(-c2nc(-c3ccccc3F)cs2)ccn1. The third-order valence-corrected chi connectivity index (χ3v) is 4.12. The van der Waals surface area contributed by atoms with Crippen LogP contribution in [0.15, 0.2) is 48.0 Å². The smallest absolute Gasteiger partial charge is 0.132 e. The lowest BCUT2D eigenvalue weighted by molar-refractivity contribution is 0.631. The van der Waals surface area contributed by atoms with Gasteiger partial charge in [0, 0.05) is 28.4 Å². The Hall–Kier alpha value is -2.07. The zero-order valence-corrected chi connectivity index (χ0v) is 12.5. The van der Waals surface area contributed by atoms with Gasteiger partial charge in [-0.3, -0.25) is 4.98 Å². The van der Waals surface area contributed by atoms with Crippen molar-refractivity contribution < 1.29 is 4.39 Å². The lowest BCUT2D eigenvalue weighted by Gasteiger charge is -2.01. The van der Waals surface area contributed by atoms with Crippen LogP contribution in [-0.2, 0) is 6.42 Å². The van der Waals surface area contributed by atoms with Crippen LogP contribution < -0.4 is 0 Å². The maximum Gasteiger partial charge on any atom is 0.132 e. The minimum atomic E-state index is -0.240. The van der Waals surface area contributed by atoms with E-state index in [4.69, 9.17) is 0 Å². The summed E-state index contributed by atoms with van der Waals surface area (Å²) in [6.45, 7) is 2.13. The van der Waals surface area contributed by atoms with Crippen molar-refractivity contribution in [2.24, 2.45) is 0 Å². The third kappa shape index (κ3) is 3.00. The average molecular weight is 298 g/mol. The highest BCUT2D eigenvalue weighted by molar-refractivity contribution is 7.13. The summed E-state index contributed by atoms with van der Waals surface area (Å²) >= 11 is 1.53. The molecule has 3 rings (SSSR count). The van der Waals surface area contributed by atoms with Gasteiger partial charge in [0.25, 0.3) is 0 Å². The summed E-state index contributed by atoms with van der Waals surface area (Å²) in [7, 11) is 0. The predicted molar refractivity (Wildman–Crippen MR) is 84.7 cm³/mol. The second-order valence-corrected chi connectivity index (χ2v) is 5.66. The summed E-state index contributed by atoms with van der Waals surface area (Å²) < 4.78 is 13.8. The molecular weight excluding hydrogens is 283 g/mol. The van der Waals surface area contributed by atoms with Gasteiger partial charge in [0.1, 0.15) is 10.8 Å². The summed E-state index contributed by atoms with van der Waals surface area (Å²) in [6, 6.07) is 10.7. The van der Waals surface area contributed by atoms with E-state index in [9.17, 15) is 4.39 Å². The Morgan fingerprint density at radius 3 is 2.86 bits per heavy atom. The molecule has 0 unspecified atom stereocenters. The second-order valence-electron chi connectivity index (χ2n) is 4.80. The number of hydrogen-bond donors (Lipinski definition) is 0. The van der Waals surface area contributed by atoms with Crippen LogP contribution in [0.25, 0.3) is 21.8 Å². The Bertz CT molecular complexity index is 752. The van der Waals surface area contributed by atoms with Gasteiger partial charge < -0.3 is 0 Å². The first kappa shape index (κ1) is 13.9. The standard InChI is InChI=1S/C17H15FN2S/c1-2-5-13-10-12(8-9-19-13)17-20-16(11-21-17)14-6-3-4-7-15(14)18/h3-4,6-11H,2,5H2,1H3. The molecule has 4 heteroatoms. The van der Waals surface area contributed by atoms with Gasteiger partial charge in [-0.1, -0.05) is 25.5 Å². The number of rotatable bonds is 4. The van der Waals surface area contributed by atoms with E-state index in [2.05, 4.69) is 23.0 Å². The molecule has 0 spiro atoms. The molecule has 0 aliphatic rings. The summed E-state index contributed by atoms with van der Waals surface area (Å²) in [5.74, 6) is -0.240. The fraction of sp³-hybridized carbons (Fsp3) is 0.176. The maximum atomic E-state index is 13.8. The molecule has 3 aromatic rings. The monoisotopic (exact) mass is 298 g/mol. The van der Waals surface area contributed by atoms with Crippen LogP contribution in [0.5, 0.6) is 0 Å². The van der Waals surface area contributed by atoms with Crippen molar-refractivity contribution in [3.8, 4) is 21.8 Å². The van der Waals surface area contributed by atoms with Gasteiger partial charge in [0.05, 0.1) is 5.69 Å². The van der Waals surface area contributed by atoms with Crippen molar-refractivity contribution in [3.63, 3.8) is 0 Å². The van der Waals surface area contributed by atoms with Crippen LogP contribution in [0.3, 0.4) is 0 Å². The fourth-order valence-electron chi connectivity index (χ4n) is 2.20. The van der Waals surface area contributed by atoms with Crippen molar-refractivity contribution >= 4 is 11.3 Å². The Kier molecular flexibility index (Phi) is 4.06. The Labute approximate surface area is 127 Å². The van der Waals surface area contributed by atoms with Gasteiger partial charge in [-0.2, -0.15) is 0 Å². The van der Waals surface area contributed by atoms with E-state index < -0.39 is 0 Å². The molecule has 21 heavy (non-hydrogen) atoms. The third-order valence-electron chi connectivity index (χ3n) is 3.22. The molecule has 0 bridgehead atoms. The first-order chi connectivity index (χ1) is 10.3. The van der Waals surface area contributed by atoms with E-state index in [1.165, 1.54) is 17.4 Å². The van der Waals surface area contributed by atoms with Gasteiger partial charge in [-0.25, -0.2) is 9.37 Å². The van der Waals surface area contributed by atoms with Crippen LogP contribution in [0.2, 0.25) is 0 Å². The highest BCUT2D eigenvalue weighted by Gasteiger charge is 2.10. The minimum Gasteiger partial charge on any atom is -0.261 e. The summed E-state index contributed by atoms with van der Waals surface area (Å²) in [5, 5.41) is 2.79. The normalized spacial score (nSPS) is 10.8. The molecule has 0 amide bonds. The largest absolute Gasteiger partial charge is 0.261 e. The molecule has 0 aliphatic carbocycles. The van der Waals surface area contributed by atoms with Gasteiger partial charge in [0.2, 0.25) is 0 Å². The molecule has 0 fully saturated rings. The topological polar surface area (TPSA) is 25.8 Å². The number of aryl methyl sites for hydroxylation is 1. The number of benzene rings is 1. The fourth-order valence-corrected chi connectivity index (χ4v) is 3.02. The second kappa shape index (κ2) is 6.14. The van der Waals surface area contributed by atoms with Gasteiger partial charge in [-0.15, -0.1) is 11.3 Å². The Morgan fingerprint density at radius 2 is 2.05 bits per heavy atom. The summed E-state index contributed by atoms with van der Waals surface area (Å²) in [6.07, 6.45) is 3.83. The summed E-state index contributed by atoms with van der Waals surface area (Å²) in [4.78, 5) is 8.91. The van der Waals surface area contributed by atoms with Crippen molar-refractivity contribution in [3.05, 3.63) is 59.5 Å². The van der Waals surface area contributed by atoms with E-state index in [0.29, 0.717) is 11.3 Å². The molecule has 2 aromatic heterocycles. The van der Waals surface area contributed by atoms with E-state index in [1.807, 2.05) is 23.7 Å². The van der Waals surface area contributed by atoms with E-state index in [0.717, 1.165) is 29.1 Å². The highest BCUT2D eigenvalue weighted by Crippen LogP contribution is 2.30. The zero-order chi connectivity index (χ0) is 14.7. The summed E-state index contributed by atoms with van der Waals surface area (Å²) in [5.41, 5.74) is 3.34. The van der Waals surface area contributed by atoms with Crippen LogP contribution in [-0.4, -0.2) is 9.97 Å². The Balaban J connectivity index is 1.95. The van der Waals surface area contributed by atoms with Crippen molar-refractivity contribution in [1.82, 2.24) is 9.97 Å². The molecule has 0 radical (unpaired) electrons. The number of pyridine rings is 1. The molecule has 0 N–H and O–H groups in total. The quantitative estimate of drug-likeness (QED) is 0.680. The first-order valence-corrected chi connectivity index (χ1v) is 7.81. The predicted octanol–water partition coefficient (Wildman–Crippen LogP) is 4.96. The lowest BCUT2D eigenvalue weighted by atomic mass is 10.1. The van der Waals surface area contributed by atoms with Crippen LogP contribution in [0.4, 0.5) is 4.39 Å². The number of nitrogens with zero attached hydrogens (tertiary/aromatic N) is 2. The number of hydrogen-bond acceptors (Lipinski definition) is 3. The molecule has 106 valence electrons. The van der Waals surface area contributed by atoms with Crippen molar-refractivity contribution in [2.45, 2.75) is 19.8 Å².